The molecule has 1 aliphatic rings. The maximum atomic E-state index is 11.3. The minimum Gasteiger partial charge on any atom is -0.358 e. The van der Waals surface area contributed by atoms with Gasteiger partial charge >= 0.3 is 0 Å². The zero-order chi connectivity index (χ0) is 10.7. The molecule has 0 saturated carbocycles. The van der Waals surface area contributed by atoms with Crippen LogP contribution in [0.1, 0.15) is 6.92 Å². The van der Waals surface area contributed by atoms with Crippen molar-refractivity contribution in [3.8, 4) is 0 Å². The second-order valence-electron chi connectivity index (χ2n) is 3.05. The van der Waals surface area contributed by atoms with Gasteiger partial charge in [0, 0.05) is 0 Å². The van der Waals surface area contributed by atoms with Gasteiger partial charge in [-0.05, 0) is 19.1 Å². The van der Waals surface area contributed by atoms with Crippen LogP contribution in [0.5, 0.6) is 0 Å². The monoisotopic (exact) mass is 203 g/mol. The van der Waals surface area contributed by atoms with Gasteiger partial charge in [0.25, 0.3) is 6.23 Å². The Morgan fingerprint density at radius 2 is 2.07 bits per heavy atom. The van der Waals surface area contributed by atoms with Crippen LogP contribution in [0, 0.1) is 0 Å². The van der Waals surface area contributed by atoms with E-state index < -0.39 is 6.23 Å². The Morgan fingerprint density at radius 3 is 2.67 bits per heavy atom. The maximum Gasteiger partial charge on any atom is 0.299 e. The molecule has 1 heterocycles. The first-order valence-corrected chi connectivity index (χ1v) is 4.48. The third-order valence-corrected chi connectivity index (χ3v) is 1.90. The lowest BCUT2D eigenvalue weighted by Gasteiger charge is -1.97. The summed E-state index contributed by atoms with van der Waals surface area (Å²) >= 11 is 0. The molecule has 76 valence electrons. The highest BCUT2D eigenvalue weighted by atomic mass is 16.7. The van der Waals surface area contributed by atoms with E-state index in [1.165, 1.54) is 0 Å². The minimum atomic E-state index is -0.912. The second kappa shape index (κ2) is 4.00. The summed E-state index contributed by atoms with van der Waals surface area (Å²) in [5.41, 5.74) is 1.01. The van der Waals surface area contributed by atoms with E-state index in [9.17, 15) is 4.79 Å². The van der Waals surface area contributed by atoms with Gasteiger partial charge < -0.3 is 4.84 Å². The van der Waals surface area contributed by atoms with E-state index in [4.69, 9.17) is 4.84 Å². The fourth-order valence-corrected chi connectivity index (χ4v) is 1.09. The summed E-state index contributed by atoms with van der Waals surface area (Å²) < 4.78 is 0. The third kappa shape index (κ3) is 2.07. The molecule has 0 aliphatic carbocycles. The second-order valence-corrected chi connectivity index (χ2v) is 3.05. The summed E-state index contributed by atoms with van der Waals surface area (Å²) in [5.74, 6) is -0.241. The molecular weight excluding hydrogens is 194 g/mol. The maximum absolute atomic E-state index is 11.3. The Morgan fingerprint density at radius 1 is 1.33 bits per heavy atom. The van der Waals surface area contributed by atoms with E-state index >= 15 is 0 Å². The number of rotatable bonds is 2. The summed E-state index contributed by atoms with van der Waals surface area (Å²) in [6.07, 6.45) is -0.912. The molecule has 0 radical (unpaired) electrons. The number of ketones is 1. The summed E-state index contributed by atoms with van der Waals surface area (Å²) in [5, 5.41) is 11.2. The molecule has 0 bridgehead atoms. The van der Waals surface area contributed by atoms with E-state index in [-0.39, 0.29) is 5.78 Å². The molecule has 0 aromatic heterocycles. The van der Waals surface area contributed by atoms with Crippen LogP contribution >= 0.6 is 0 Å². The molecule has 1 aliphatic heterocycles. The summed E-state index contributed by atoms with van der Waals surface area (Å²) in [4.78, 5) is 16.1. The molecule has 0 fully saturated rings. The SMILES string of the molecule is CC1=NO[C@@H](N=Nc2ccccc2)C1=O. The van der Waals surface area contributed by atoms with Crippen LogP contribution in [-0.4, -0.2) is 17.7 Å². The lowest BCUT2D eigenvalue weighted by atomic mass is 10.3. The molecule has 0 amide bonds. The predicted octanol–water partition coefficient (Wildman–Crippen LogP) is 2.07. The Balaban J connectivity index is 2.05. The van der Waals surface area contributed by atoms with Crippen LogP contribution in [0.25, 0.3) is 0 Å². The van der Waals surface area contributed by atoms with E-state index in [0.717, 1.165) is 0 Å². The molecule has 5 heteroatoms. The highest BCUT2D eigenvalue weighted by Crippen LogP contribution is 2.14. The zero-order valence-corrected chi connectivity index (χ0v) is 8.12. The summed E-state index contributed by atoms with van der Waals surface area (Å²) in [6, 6.07) is 9.14. The van der Waals surface area contributed by atoms with Crippen molar-refractivity contribution in [1.82, 2.24) is 0 Å². The lowest BCUT2D eigenvalue weighted by molar-refractivity contribution is -0.120. The number of oxime groups is 1. The van der Waals surface area contributed by atoms with Gasteiger partial charge in [0.1, 0.15) is 5.71 Å². The van der Waals surface area contributed by atoms with Crippen molar-refractivity contribution in [2.24, 2.45) is 15.4 Å². The van der Waals surface area contributed by atoms with Crippen molar-refractivity contribution in [2.75, 3.05) is 0 Å². The number of hydrogen-bond donors (Lipinski definition) is 0. The fourth-order valence-electron chi connectivity index (χ4n) is 1.09. The quantitative estimate of drug-likeness (QED) is 0.690. The first-order valence-electron chi connectivity index (χ1n) is 4.48. The first-order chi connectivity index (χ1) is 7.27. The number of azo groups is 1. The van der Waals surface area contributed by atoms with Gasteiger partial charge in [-0.15, -0.1) is 5.11 Å². The number of carbonyl (C=O) groups is 1. The van der Waals surface area contributed by atoms with Crippen molar-refractivity contribution in [3.05, 3.63) is 30.3 Å². The normalized spacial score (nSPS) is 20.5. The standard InChI is InChI=1S/C10H9N3O2/c1-7-9(14)10(15-13-7)12-11-8-5-3-2-4-6-8/h2-6,10H,1H3/t10-/m1/s1. The van der Waals surface area contributed by atoms with Crippen LogP contribution in [0.4, 0.5) is 5.69 Å². The number of carbonyl (C=O) groups excluding carboxylic acids is 1. The van der Waals surface area contributed by atoms with Gasteiger partial charge in [0.05, 0.1) is 5.69 Å². The van der Waals surface area contributed by atoms with Crippen molar-refractivity contribution in [2.45, 2.75) is 13.2 Å². The Bertz CT molecular complexity index is 426. The van der Waals surface area contributed by atoms with E-state index in [0.29, 0.717) is 11.4 Å². The zero-order valence-electron chi connectivity index (χ0n) is 8.12. The average molecular weight is 203 g/mol. The number of nitrogens with zero attached hydrogens (tertiary/aromatic N) is 3. The van der Waals surface area contributed by atoms with Gasteiger partial charge in [0.15, 0.2) is 0 Å². The Kier molecular flexibility index (Phi) is 2.53. The van der Waals surface area contributed by atoms with Gasteiger partial charge in [-0.2, -0.15) is 5.11 Å². The molecule has 0 saturated heterocycles. The first kappa shape index (κ1) is 9.51. The van der Waals surface area contributed by atoms with Crippen molar-refractivity contribution in [1.29, 1.82) is 0 Å². The topological polar surface area (TPSA) is 63.4 Å². The number of hydrogen-bond acceptors (Lipinski definition) is 5. The minimum absolute atomic E-state index is 0.241. The molecular formula is C10H9N3O2. The molecule has 0 unspecified atom stereocenters. The Hall–Kier alpha value is -2.04. The number of benzene rings is 1. The van der Waals surface area contributed by atoms with E-state index in [1.54, 1.807) is 19.1 Å². The van der Waals surface area contributed by atoms with Crippen LogP contribution in [0.3, 0.4) is 0 Å². The van der Waals surface area contributed by atoms with Crippen LogP contribution in [0.2, 0.25) is 0 Å². The molecule has 0 spiro atoms. The highest BCUT2D eigenvalue weighted by Gasteiger charge is 2.28. The van der Waals surface area contributed by atoms with Crippen LogP contribution in [0.15, 0.2) is 45.7 Å². The molecule has 2 rings (SSSR count). The molecule has 0 N–H and O–H groups in total. The lowest BCUT2D eigenvalue weighted by Crippen LogP contribution is -2.18. The van der Waals surface area contributed by atoms with Crippen molar-refractivity contribution < 1.29 is 9.63 Å². The predicted molar refractivity (Wildman–Crippen MR) is 53.9 cm³/mol. The van der Waals surface area contributed by atoms with Gasteiger partial charge in [0.2, 0.25) is 5.78 Å². The van der Waals surface area contributed by atoms with Crippen LogP contribution in [-0.2, 0) is 9.63 Å². The molecule has 1 aromatic carbocycles. The van der Waals surface area contributed by atoms with Gasteiger partial charge in [-0.1, -0.05) is 23.4 Å². The van der Waals surface area contributed by atoms with E-state index in [2.05, 4.69) is 15.4 Å². The molecule has 5 nitrogen and oxygen atoms in total. The van der Waals surface area contributed by atoms with E-state index in [1.807, 2.05) is 18.2 Å². The highest BCUT2D eigenvalue weighted by molar-refractivity contribution is 6.41. The fraction of sp³-hybridized carbons (Fsp3) is 0.200. The van der Waals surface area contributed by atoms with Crippen LogP contribution < -0.4 is 0 Å². The van der Waals surface area contributed by atoms with Crippen molar-refractivity contribution >= 4 is 17.2 Å². The number of Topliss-reactive ketones (excluding diaryl/α,β-unsaturated/α-hetero) is 1. The van der Waals surface area contributed by atoms with Crippen molar-refractivity contribution in [3.63, 3.8) is 0 Å². The smallest absolute Gasteiger partial charge is 0.299 e. The van der Waals surface area contributed by atoms with Gasteiger partial charge in [-0.3, -0.25) is 4.79 Å². The molecule has 1 aromatic rings. The summed E-state index contributed by atoms with van der Waals surface area (Å²) in [7, 11) is 0. The third-order valence-electron chi connectivity index (χ3n) is 1.90. The molecule has 1 atom stereocenters. The summed E-state index contributed by atoms with van der Waals surface area (Å²) in [6.45, 7) is 1.58. The Labute approximate surface area is 86.5 Å². The molecule has 15 heavy (non-hydrogen) atoms. The van der Waals surface area contributed by atoms with Gasteiger partial charge in [-0.25, -0.2) is 0 Å². The largest absolute Gasteiger partial charge is 0.358 e. The average Bonchev–Trinajstić information content (AvgIpc) is 2.59.